The number of piperidine rings is 1. The first-order chi connectivity index (χ1) is 13.0. The van der Waals surface area contributed by atoms with Gasteiger partial charge in [-0.15, -0.1) is 0 Å². The fraction of sp³-hybridized carbons (Fsp3) is 0.500. The summed E-state index contributed by atoms with van der Waals surface area (Å²) >= 11 is 6.10. The lowest BCUT2D eigenvalue weighted by atomic mass is 9.97. The summed E-state index contributed by atoms with van der Waals surface area (Å²) in [6, 6.07) is 2.90. The standard InChI is InChI=1S/C18H20ClNO7/c1-24-17(22)11-2-4-20(5-3-11)15(21)10-27-18(23)12-8-13(19)16-14(9-12)25-6-7-26-16/h8-9,11H,2-7,10H2,1H3. The number of methoxy groups -OCH3 is 1. The molecule has 27 heavy (non-hydrogen) atoms. The van der Waals surface area contributed by atoms with Gasteiger partial charge in [-0.2, -0.15) is 0 Å². The van der Waals surface area contributed by atoms with E-state index in [2.05, 4.69) is 0 Å². The van der Waals surface area contributed by atoms with E-state index in [1.165, 1.54) is 19.2 Å². The van der Waals surface area contributed by atoms with Crippen LogP contribution < -0.4 is 9.47 Å². The van der Waals surface area contributed by atoms with Crippen molar-refractivity contribution in [3.63, 3.8) is 0 Å². The predicted molar refractivity (Wildman–Crippen MR) is 94.0 cm³/mol. The Balaban J connectivity index is 1.53. The topological polar surface area (TPSA) is 91.4 Å². The number of likely N-dealkylation sites (tertiary alicyclic amines) is 1. The molecule has 1 saturated heterocycles. The summed E-state index contributed by atoms with van der Waals surface area (Å²) in [7, 11) is 1.35. The SMILES string of the molecule is COC(=O)C1CCN(C(=O)COC(=O)c2cc(Cl)c3c(c2)OCCO3)CC1. The van der Waals surface area contributed by atoms with Gasteiger partial charge < -0.3 is 23.8 Å². The van der Waals surface area contributed by atoms with Crippen molar-refractivity contribution in [1.29, 1.82) is 0 Å². The first-order valence-electron chi connectivity index (χ1n) is 8.61. The van der Waals surface area contributed by atoms with Gasteiger partial charge in [-0.3, -0.25) is 9.59 Å². The Hall–Kier alpha value is -2.48. The molecule has 0 N–H and O–H groups in total. The summed E-state index contributed by atoms with van der Waals surface area (Å²) in [6.07, 6.45) is 1.06. The van der Waals surface area contributed by atoms with Gasteiger partial charge in [0.05, 0.1) is 23.6 Å². The molecule has 9 heteroatoms. The Kier molecular flexibility index (Phi) is 6.05. The number of hydrogen-bond donors (Lipinski definition) is 0. The molecule has 1 amide bonds. The zero-order valence-electron chi connectivity index (χ0n) is 14.9. The predicted octanol–water partition coefficient (Wildman–Crippen LogP) is 1.68. The average molecular weight is 398 g/mol. The Morgan fingerprint density at radius 2 is 1.89 bits per heavy atom. The number of hydrogen-bond acceptors (Lipinski definition) is 7. The third kappa shape index (κ3) is 4.44. The van der Waals surface area contributed by atoms with Gasteiger partial charge in [0.1, 0.15) is 13.2 Å². The molecule has 0 spiro atoms. The molecule has 0 bridgehead atoms. The highest BCUT2D eigenvalue weighted by atomic mass is 35.5. The number of carbonyl (C=O) groups is 3. The normalized spacial score (nSPS) is 16.6. The molecule has 1 fully saturated rings. The van der Waals surface area contributed by atoms with Crippen LogP contribution in [0.5, 0.6) is 11.5 Å². The third-order valence-electron chi connectivity index (χ3n) is 4.54. The zero-order chi connectivity index (χ0) is 19.4. The first kappa shape index (κ1) is 19.3. The van der Waals surface area contributed by atoms with E-state index >= 15 is 0 Å². The lowest BCUT2D eigenvalue weighted by Gasteiger charge is -2.30. The molecule has 0 saturated carbocycles. The number of ether oxygens (including phenoxy) is 4. The highest BCUT2D eigenvalue weighted by Crippen LogP contribution is 2.38. The fourth-order valence-electron chi connectivity index (χ4n) is 3.06. The maximum Gasteiger partial charge on any atom is 0.338 e. The molecule has 2 aliphatic heterocycles. The molecule has 0 radical (unpaired) electrons. The molecular weight excluding hydrogens is 378 g/mol. The van der Waals surface area contributed by atoms with E-state index in [-0.39, 0.29) is 35.0 Å². The van der Waals surface area contributed by atoms with Crippen LogP contribution in [0, 0.1) is 5.92 Å². The van der Waals surface area contributed by atoms with E-state index < -0.39 is 5.97 Å². The Bertz CT molecular complexity index is 743. The quantitative estimate of drug-likeness (QED) is 0.714. The van der Waals surface area contributed by atoms with Crippen LogP contribution in [0.2, 0.25) is 5.02 Å². The van der Waals surface area contributed by atoms with Gasteiger partial charge >= 0.3 is 11.9 Å². The second-order valence-electron chi connectivity index (χ2n) is 6.24. The lowest BCUT2D eigenvalue weighted by Crippen LogP contribution is -2.42. The van der Waals surface area contributed by atoms with Crippen molar-refractivity contribution >= 4 is 29.4 Å². The summed E-state index contributed by atoms with van der Waals surface area (Å²) in [5.41, 5.74) is 0.182. The number of nitrogens with zero attached hydrogens (tertiary/aromatic N) is 1. The molecule has 2 heterocycles. The van der Waals surface area contributed by atoms with Gasteiger partial charge in [-0.05, 0) is 25.0 Å². The highest BCUT2D eigenvalue weighted by Gasteiger charge is 2.28. The molecule has 2 aliphatic rings. The fourth-order valence-corrected chi connectivity index (χ4v) is 3.33. The van der Waals surface area contributed by atoms with E-state index in [0.29, 0.717) is 50.6 Å². The van der Waals surface area contributed by atoms with Crippen LogP contribution >= 0.6 is 11.6 Å². The van der Waals surface area contributed by atoms with Crippen LogP contribution in [0.3, 0.4) is 0 Å². The zero-order valence-corrected chi connectivity index (χ0v) is 15.6. The van der Waals surface area contributed by atoms with Gasteiger partial charge in [0.2, 0.25) is 0 Å². The maximum atomic E-state index is 12.2. The summed E-state index contributed by atoms with van der Waals surface area (Å²) in [5, 5.41) is 0.246. The number of esters is 2. The van der Waals surface area contributed by atoms with E-state index in [1.54, 1.807) is 4.90 Å². The van der Waals surface area contributed by atoms with E-state index in [1.807, 2.05) is 0 Å². The molecule has 0 unspecified atom stereocenters. The lowest BCUT2D eigenvalue weighted by molar-refractivity contribution is -0.149. The van der Waals surface area contributed by atoms with Crippen molar-refractivity contribution in [2.75, 3.05) is 40.0 Å². The Morgan fingerprint density at radius 1 is 1.19 bits per heavy atom. The molecule has 0 atom stereocenters. The Morgan fingerprint density at radius 3 is 2.59 bits per heavy atom. The largest absolute Gasteiger partial charge is 0.486 e. The molecule has 1 aromatic carbocycles. The summed E-state index contributed by atoms with van der Waals surface area (Å²) in [4.78, 5) is 37.6. The van der Waals surface area contributed by atoms with E-state index in [9.17, 15) is 14.4 Å². The van der Waals surface area contributed by atoms with Crippen LogP contribution in [-0.2, 0) is 19.1 Å². The molecular formula is C18H20ClNO7. The molecule has 1 aromatic rings. The number of benzene rings is 1. The Labute approximate surface area is 161 Å². The van der Waals surface area contributed by atoms with Crippen LogP contribution in [-0.4, -0.2) is 62.8 Å². The maximum absolute atomic E-state index is 12.2. The monoisotopic (exact) mass is 397 g/mol. The number of halogens is 1. The summed E-state index contributed by atoms with van der Waals surface area (Å²) < 4.78 is 20.7. The smallest absolute Gasteiger partial charge is 0.338 e. The number of rotatable bonds is 4. The van der Waals surface area contributed by atoms with Crippen LogP contribution in [0.25, 0.3) is 0 Å². The summed E-state index contributed by atoms with van der Waals surface area (Å²) in [6.45, 7) is 1.21. The van der Waals surface area contributed by atoms with E-state index in [4.69, 9.17) is 30.5 Å². The van der Waals surface area contributed by atoms with Crippen molar-refractivity contribution in [1.82, 2.24) is 4.90 Å². The molecule has 0 aliphatic carbocycles. The van der Waals surface area contributed by atoms with Crippen molar-refractivity contribution in [2.24, 2.45) is 5.92 Å². The molecule has 0 aromatic heterocycles. The van der Waals surface area contributed by atoms with E-state index in [0.717, 1.165) is 0 Å². The van der Waals surface area contributed by atoms with Crippen molar-refractivity contribution in [3.8, 4) is 11.5 Å². The minimum absolute atomic E-state index is 0.182. The van der Waals surface area contributed by atoms with Crippen LogP contribution in [0.4, 0.5) is 0 Å². The second-order valence-corrected chi connectivity index (χ2v) is 6.64. The molecule has 146 valence electrons. The highest BCUT2D eigenvalue weighted by molar-refractivity contribution is 6.32. The minimum Gasteiger partial charge on any atom is -0.486 e. The first-order valence-corrected chi connectivity index (χ1v) is 8.99. The second kappa shape index (κ2) is 8.47. The average Bonchev–Trinajstić information content (AvgIpc) is 2.71. The third-order valence-corrected chi connectivity index (χ3v) is 4.82. The van der Waals surface area contributed by atoms with Crippen molar-refractivity contribution in [2.45, 2.75) is 12.8 Å². The van der Waals surface area contributed by atoms with Gasteiger partial charge in [-0.1, -0.05) is 11.6 Å². The van der Waals surface area contributed by atoms with Gasteiger partial charge in [-0.25, -0.2) is 4.79 Å². The molecule has 8 nitrogen and oxygen atoms in total. The summed E-state index contributed by atoms with van der Waals surface area (Å²) in [5.74, 6) is -0.673. The van der Waals surface area contributed by atoms with Crippen LogP contribution in [0.15, 0.2) is 12.1 Å². The number of carbonyl (C=O) groups excluding carboxylic acids is 3. The van der Waals surface area contributed by atoms with Crippen molar-refractivity contribution in [3.05, 3.63) is 22.7 Å². The van der Waals surface area contributed by atoms with Gasteiger partial charge in [0, 0.05) is 13.1 Å². The number of amides is 1. The minimum atomic E-state index is -0.674. The van der Waals surface area contributed by atoms with Gasteiger partial charge in [0.25, 0.3) is 5.91 Å². The number of fused-ring (bicyclic) bond motifs is 1. The van der Waals surface area contributed by atoms with Crippen molar-refractivity contribution < 1.29 is 33.3 Å². The molecule has 3 rings (SSSR count). The van der Waals surface area contributed by atoms with Gasteiger partial charge in [0.15, 0.2) is 18.1 Å². The van der Waals surface area contributed by atoms with Crippen LogP contribution in [0.1, 0.15) is 23.2 Å².